The normalized spacial score (nSPS) is 25.2. The molecule has 92 valence electrons. The molecule has 0 amide bonds. The second kappa shape index (κ2) is 6.83. The molecule has 0 nitrogen and oxygen atoms in total. The lowest BCUT2D eigenvalue weighted by atomic mass is 9.53. The Morgan fingerprint density at radius 3 is 1.80 bits per heavy atom. The zero-order chi connectivity index (χ0) is 11.9. The van der Waals surface area contributed by atoms with Crippen molar-refractivity contribution < 1.29 is 0 Å². The molecule has 0 atom stereocenters. The SMILES string of the molecule is CC.CC.CC1(C)CC2(CCCSC2)C1. The van der Waals surface area contributed by atoms with Gasteiger partial charge in [0, 0.05) is 0 Å². The van der Waals surface area contributed by atoms with E-state index in [4.69, 9.17) is 0 Å². The molecule has 0 radical (unpaired) electrons. The molecule has 0 aromatic heterocycles. The molecular weight excluding hydrogens is 200 g/mol. The van der Waals surface area contributed by atoms with E-state index in [0.717, 1.165) is 5.41 Å². The third-order valence-electron chi connectivity index (χ3n) is 3.11. The topological polar surface area (TPSA) is 0 Å². The smallest absolute Gasteiger partial charge is 0.00104 e. The molecule has 1 aliphatic carbocycles. The predicted octanol–water partition coefficient (Wildman–Crippen LogP) is 5.37. The zero-order valence-corrected chi connectivity index (χ0v) is 12.5. The van der Waals surface area contributed by atoms with E-state index < -0.39 is 0 Å². The van der Waals surface area contributed by atoms with Crippen LogP contribution in [0.4, 0.5) is 0 Å². The maximum atomic E-state index is 2.41. The maximum Gasteiger partial charge on any atom is -0.00104 e. The second-order valence-electron chi connectivity index (χ2n) is 5.17. The molecule has 2 rings (SSSR count). The van der Waals surface area contributed by atoms with Crippen molar-refractivity contribution in [1.82, 2.24) is 0 Å². The van der Waals surface area contributed by atoms with E-state index in [0.29, 0.717) is 5.41 Å². The zero-order valence-electron chi connectivity index (χ0n) is 11.7. The minimum Gasteiger partial charge on any atom is -0.161 e. The Labute approximate surface area is 102 Å². The van der Waals surface area contributed by atoms with Gasteiger partial charge in [0.1, 0.15) is 0 Å². The minimum atomic E-state index is 0.678. The summed E-state index contributed by atoms with van der Waals surface area (Å²) in [5.41, 5.74) is 1.48. The lowest BCUT2D eigenvalue weighted by Gasteiger charge is -2.55. The Hall–Kier alpha value is 0.350. The summed E-state index contributed by atoms with van der Waals surface area (Å²) < 4.78 is 0. The van der Waals surface area contributed by atoms with Gasteiger partial charge in [0.25, 0.3) is 0 Å². The monoisotopic (exact) mass is 230 g/mol. The van der Waals surface area contributed by atoms with E-state index in [1.54, 1.807) is 0 Å². The van der Waals surface area contributed by atoms with Crippen LogP contribution in [-0.4, -0.2) is 11.5 Å². The molecule has 15 heavy (non-hydrogen) atoms. The Kier molecular flexibility index (Phi) is 6.99. The highest BCUT2D eigenvalue weighted by atomic mass is 32.2. The van der Waals surface area contributed by atoms with Gasteiger partial charge < -0.3 is 0 Å². The van der Waals surface area contributed by atoms with E-state index in [1.807, 2.05) is 27.7 Å². The molecule has 2 aliphatic rings. The molecule has 1 saturated carbocycles. The Balaban J connectivity index is 0.000000442. The van der Waals surface area contributed by atoms with Crippen LogP contribution in [0.25, 0.3) is 0 Å². The van der Waals surface area contributed by atoms with Gasteiger partial charge in [-0.15, -0.1) is 0 Å². The summed E-state index contributed by atoms with van der Waals surface area (Å²) in [4.78, 5) is 0. The number of rotatable bonds is 0. The molecule has 0 aromatic rings. The van der Waals surface area contributed by atoms with E-state index in [9.17, 15) is 0 Å². The summed E-state index contributed by atoms with van der Waals surface area (Å²) in [5, 5.41) is 0. The predicted molar refractivity (Wildman–Crippen MR) is 74.7 cm³/mol. The van der Waals surface area contributed by atoms with Crippen LogP contribution in [0.15, 0.2) is 0 Å². The van der Waals surface area contributed by atoms with E-state index in [-0.39, 0.29) is 0 Å². The lowest BCUT2D eigenvalue weighted by Crippen LogP contribution is -2.46. The van der Waals surface area contributed by atoms with Gasteiger partial charge >= 0.3 is 0 Å². The van der Waals surface area contributed by atoms with Gasteiger partial charge in [-0.3, -0.25) is 0 Å². The molecule has 0 bridgehead atoms. The first-order valence-corrected chi connectivity index (χ1v) is 7.85. The van der Waals surface area contributed by atoms with Crippen molar-refractivity contribution in [3.05, 3.63) is 0 Å². The number of hydrogen-bond donors (Lipinski definition) is 0. The molecule has 0 aromatic carbocycles. The third-order valence-corrected chi connectivity index (χ3v) is 4.50. The summed E-state index contributed by atoms with van der Waals surface area (Å²) in [6.45, 7) is 12.8. The van der Waals surface area contributed by atoms with Crippen molar-refractivity contribution in [2.45, 2.75) is 67.2 Å². The van der Waals surface area contributed by atoms with Crippen molar-refractivity contribution in [3.8, 4) is 0 Å². The molecule has 1 aliphatic heterocycles. The van der Waals surface area contributed by atoms with Crippen LogP contribution in [0, 0.1) is 10.8 Å². The standard InChI is InChI=1S/C10H18S.2C2H6/c1-9(2)6-10(7-9)4-3-5-11-8-10;2*1-2/h3-8H2,1-2H3;2*1-2H3. The number of hydrogen-bond acceptors (Lipinski definition) is 1. The summed E-state index contributed by atoms with van der Waals surface area (Å²) in [7, 11) is 0. The second-order valence-corrected chi connectivity index (χ2v) is 6.28. The van der Waals surface area contributed by atoms with Gasteiger partial charge in [0.2, 0.25) is 0 Å². The van der Waals surface area contributed by atoms with Crippen LogP contribution < -0.4 is 0 Å². The van der Waals surface area contributed by atoms with Gasteiger partial charge in [-0.1, -0.05) is 41.5 Å². The summed E-state index contributed by atoms with van der Waals surface area (Å²) in [5.74, 6) is 2.87. The van der Waals surface area contributed by atoms with E-state index in [1.165, 1.54) is 37.2 Å². The summed E-state index contributed by atoms with van der Waals surface area (Å²) in [6.07, 6.45) is 5.98. The van der Waals surface area contributed by atoms with Crippen LogP contribution in [0.1, 0.15) is 67.2 Å². The molecule has 1 heterocycles. The molecule has 1 spiro atoms. The molecule has 2 fully saturated rings. The minimum absolute atomic E-state index is 0.678. The van der Waals surface area contributed by atoms with Gasteiger partial charge in [0.15, 0.2) is 0 Å². The van der Waals surface area contributed by atoms with Gasteiger partial charge in [-0.05, 0) is 48.0 Å². The largest absolute Gasteiger partial charge is 0.161 e. The fourth-order valence-electron chi connectivity index (χ4n) is 3.17. The molecule has 0 unspecified atom stereocenters. The Morgan fingerprint density at radius 2 is 1.47 bits per heavy atom. The summed E-state index contributed by atoms with van der Waals surface area (Å²) >= 11 is 2.18. The van der Waals surface area contributed by atoms with Crippen molar-refractivity contribution in [3.63, 3.8) is 0 Å². The highest BCUT2D eigenvalue weighted by Crippen LogP contribution is 2.59. The number of thioether (sulfide) groups is 1. The van der Waals surface area contributed by atoms with E-state index in [2.05, 4.69) is 25.6 Å². The maximum absolute atomic E-state index is 2.41. The van der Waals surface area contributed by atoms with Crippen LogP contribution in [0.2, 0.25) is 0 Å². The van der Waals surface area contributed by atoms with Crippen molar-refractivity contribution >= 4 is 11.8 Å². The first-order chi connectivity index (χ1) is 7.12. The fraction of sp³-hybridized carbons (Fsp3) is 1.00. The van der Waals surface area contributed by atoms with E-state index >= 15 is 0 Å². The molecular formula is C14H30S. The average Bonchev–Trinajstić information content (AvgIpc) is 2.22. The fourth-order valence-corrected chi connectivity index (χ4v) is 4.44. The first kappa shape index (κ1) is 15.3. The van der Waals surface area contributed by atoms with Crippen molar-refractivity contribution in [1.29, 1.82) is 0 Å². The van der Waals surface area contributed by atoms with Crippen LogP contribution in [-0.2, 0) is 0 Å². The summed E-state index contributed by atoms with van der Waals surface area (Å²) in [6, 6.07) is 0. The van der Waals surface area contributed by atoms with Crippen molar-refractivity contribution in [2.75, 3.05) is 11.5 Å². The van der Waals surface area contributed by atoms with Crippen LogP contribution >= 0.6 is 11.8 Å². The third kappa shape index (κ3) is 4.38. The average molecular weight is 230 g/mol. The highest BCUT2D eigenvalue weighted by Gasteiger charge is 2.48. The highest BCUT2D eigenvalue weighted by molar-refractivity contribution is 7.99. The van der Waals surface area contributed by atoms with Crippen LogP contribution in [0.5, 0.6) is 0 Å². The molecule has 0 N–H and O–H groups in total. The van der Waals surface area contributed by atoms with Gasteiger partial charge in [0.05, 0.1) is 0 Å². The molecule has 1 heteroatoms. The quantitative estimate of drug-likeness (QED) is 0.539. The molecule has 1 saturated heterocycles. The van der Waals surface area contributed by atoms with Crippen LogP contribution in [0.3, 0.4) is 0 Å². The van der Waals surface area contributed by atoms with Gasteiger partial charge in [-0.25, -0.2) is 0 Å². The van der Waals surface area contributed by atoms with Gasteiger partial charge in [-0.2, -0.15) is 11.8 Å². The first-order valence-electron chi connectivity index (χ1n) is 6.70. The Bertz CT molecular complexity index is 145. The lowest BCUT2D eigenvalue weighted by molar-refractivity contribution is -0.00199. The van der Waals surface area contributed by atoms with Crippen molar-refractivity contribution in [2.24, 2.45) is 10.8 Å². The Morgan fingerprint density at radius 1 is 0.933 bits per heavy atom.